The molecular weight excluding hydrogens is 384 g/mol. The van der Waals surface area contributed by atoms with Crippen molar-refractivity contribution in [3.05, 3.63) is 47.2 Å². The molecule has 158 valence electrons. The lowest BCUT2D eigenvalue weighted by Gasteiger charge is -2.38. The van der Waals surface area contributed by atoms with Gasteiger partial charge in [0.25, 0.3) is 0 Å². The molecule has 8 nitrogen and oxygen atoms in total. The van der Waals surface area contributed by atoms with Crippen molar-refractivity contribution in [2.75, 3.05) is 33.3 Å². The maximum Gasteiger partial charge on any atom is 0.203 e. The quantitative estimate of drug-likeness (QED) is 0.780. The Balaban J connectivity index is 1.83. The molecule has 8 heteroatoms. The number of benzene rings is 2. The van der Waals surface area contributed by atoms with Crippen LogP contribution >= 0.6 is 0 Å². The zero-order valence-electron chi connectivity index (χ0n) is 17.6. The third kappa shape index (κ3) is 3.09. The first kappa shape index (κ1) is 19.9. The van der Waals surface area contributed by atoms with Crippen molar-refractivity contribution in [2.24, 2.45) is 16.5 Å². The highest BCUT2D eigenvalue weighted by molar-refractivity contribution is 6.02. The van der Waals surface area contributed by atoms with Gasteiger partial charge in [0.2, 0.25) is 11.7 Å². The van der Waals surface area contributed by atoms with E-state index >= 15 is 0 Å². The fraction of sp³-hybridized carbons (Fsp3) is 0.318. The number of guanidine groups is 1. The average molecular weight is 410 g/mol. The number of nitrogens with two attached hydrogens (primary N) is 2. The Morgan fingerprint density at radius 1 is 0.933 bits per heavy atom. The molecule has 1 heterocycles. The minimum atomic E-state index is -0.536. The molecule has 1 aliphatic carbocycles. The second-order valence-corrected chi connectivity index (χ2v) is 7.05. The summed E-state index contributed by atoms with van der Waals surface area (Å²) >= 11 is 0. The van der Waals surface area contributed by atoms with Crippen molar-refractivity contribution in [3.63, 3.8) is 0 Å². The topological polar surface area (TPSA) is 105 Å². The van der Waals surface area contributed by atoms with Gasteiger partial charge in [-0.15, -0.1) is 0 Å². The molecule has 0 saturated heterocycles. The molecule has 0 aromatic heterocycles. The number of rotatable bonds is 5. The van der Waals surface area contributed by atoms with E-state index in [4.69, 9.17) is 30.4 Å². The molecule has 0 saturated carbocycles. The van der Waals surface area contributed by atoms with Gasteiger partial charge in [-0.05, 0) is 36.1 Å². The van der Waals surface area contributed by atoms with Gasteiger partial charge in [0.05, 0.1) is 39.8 Å². The van der Waals surface area contributed by atoms with Crippen LogP contribution in [0.4, 0.5) is 5.69 Å². The first-order chi connectivity index (χ1) is 14.5. The van der Waals surface area contributed by atoms with Gasteiger partial charge in [0, 0.05) is 17.7 Å². The molecule has 0 radical (unpaired) electrons. The smallest absolute Gasteiger partial charge is 0.203 e. The van der Waals surface area contributed by atoms with Gasteiger partial charge in [-0.25, -0.2) is 4.99 Å². The molecule has 1 atom stereocenters. The molecule has 4 rings (SSSR count). The Kier molecular flexibility index (Phi) is 5.17. The molecule has 0 amide bonds. The third-order valence-corrected chi connectivity index (χ3v) is 5.55. The van der Waals surface area contributed by atoms with Crippen LogP contribution in [-0.4, -0.2) is 40.6 Å². The van der Waals surface area contributed by atoms with Gasteiger partial charge in [-0.1, -0.05) is 6.07 Å². The van der Waals surface area contributed by atoms with Gasteiger partial charge in [0.1, 0.15) is 11.9 Å². The van der Waals surface area contributed by atoms with Crippen LogP contribution in [0.15, 0.2) is 41.0 Å². The summed E-state index contributed by atoms with van der Waals surface area (Å²) in [5, 5.41) is 0. The summed E-state index contributed by atoms with van der Waals surface area (Å²) in [6.07, 6.45) is 1.13. The van der Waals surface area contributed by atoms with Crippen LogP contribution < -0.4 is 35.3 Å². The summed E-state index contributed by atoms with van der Waals surface area (Å²) in [6.45, 7) is 0. The van der Waals surface area contributed by atoms with Crippen LogP contribution in [0, 0.1) is 0 Å². The van der Waals surface area contributed by atoms with Crippen LogP contribution in [-0.2, 0) is 6.42 Å². The summed E-state index contributed by atoms with van der Waals surface area (Å²) in [7, 11) is 6.35. The second kappa shape index (κ2) is 7.79. The van der Waals surface area contributed by atoms with Crippen LogP contribution in [0.3, 0.4) is 0 Å². The Bertz CT molecular complexity index is 1020. The van der Waals surface area contributed by atoms with E-state index in [-0.39, 0.29) is 0 Å². The maximum atomic E-state index is 6.77. The van der Waals surface area contributed by atoms with Crippen molar-refractivity contribution in [1.82, 2.24) is 0 Å². The number of aryl methyl sites for hydroxylation is 1. The number of anilines is 1. The fourth-order valence-corrected chi connectivity index (χ4v) is 4.10. The van der Waals surface area contributed by atoms with Gasteiger partial charge >= 0.3 is 0 Å². The van der Waals surface area contributed by atoms with E-state index in [1.54, 1.807) is 33.3 Å². The van der Waals surface area contributed by atoms with Gasteiger partial charge in [0.15, 0.2) is 11.5 Å². The second-order valence-electron chi connectivity index (χ2n) is 7.05. The summed E-state index contributed by atoms with van der Waals surface area (Å²) in [5.41, 5.74) is 17.9. The molecule has 1 aliphatic heterocycles. The zero-order valence-corrected chi connectivity index (χ0v) is 17.6. The largest absolute Gasteiger partial charge is 0.497 e. The van der Waals surface area contributed by atoms with Gasteiger partial charge in [-0.2, -0.15) is 0 Å². The predicted molar refractivity (Wildman–Crippen MR) is 116 cm³/mol. The number of nitrogens with zero attached hydrogens (tertiary/aromatic N) is 2. The summed E-state index contributed by atoms with van der Waals surface area (Å²) < 4.78 is 21.8. The van der Waals surface area contributed by atoms with Crippen LogP contribution in [0.25, 0.3) is 5.57 Å². The molecule has 1 unspecified atom stereocenters. The molecule has 2 aliphatic rings. The number of fused-ring (bicyclic) bond motifs is 2. The van der Waals surface area contributed by atoms with Gasteiger partial charge < -0.3 is 30.4 Å². The lowest BCUT2D eigenvalue weighted by atomic mass is 9.86. The predicted octanol–water partition coefficient (Wildman–Crippen LogP) is 2.50. The number of aliphatic imine (C=N–C) groups is 1. The monoisotopic (exact) mass is 410 g/mol. The Morgan fingerprint density at radius 3 is 2.23 bits per heavy atom. The molecule has 0 bridgehead atoms. The van der Waals surface area contributed by atoms with E-state index in [2.05, 4.69) is 11.1 Å². The fourth-order valence-electron chi connectivity index (χ4n) is 4.10. The minimum Gasteiger partial charge on any atom is -0.497 e. The van der Waals surface area contributed by atoms with Crippen LogP contribution in [0.1, 0.15) is 17.5 Å². The Hall–Kier alpha value is -3.39. The average Bonchev–Trinajstić information content (AvgIpc) is 2.77. The van der Waals surface area contributed by atoms with E-state index in [1.165, 1.54) is 5.56 Å². The Morgan fingerprint density at radius 2 is 1.63 bits per heavy atom. The lowest BCUT2D eigenvalue weighted by Crippen LogP contribution is -2.53. The van der Waals surface area contributed by atoms with Crippen molar-refractivity contribution in [3.8, 4) is 23.0 Å². The van der Waals surface area contributed by atoms with Crippen LogP contribution in [0.2, 0.25) is 0 Å². The number of hydrogen-bond acceptors (Lipinski definition) is 8. The highest BCUT2D eigenvalue weighted by Crippen LogP contribution is 2.44. The molecule has 0 spiro atoms. The van der Waals surface area contributed by atoms with Gasteiger partial charge in [-0.3, -0.25) is 4.90 Å². The van der Waals surface area contributed by atoms with E-state index in [1.807, 2.05) is 24.3 Å². The zero-order chi connectivity index (χ0) is 21.4. The summed E-state index contributed by atoms with van der Waals surface area (Å²) in [6, 6.07) is 9.67. The van der Waals surface area contributed by atoms with E-state index in [0.29, 0.717) is 28.9 Å². The number of methoxy groups -OCH3 is 4. The molecule has 0 fully saturated rings. The highest BCUT2D eigenvalue weighted by atomic mass is 16.5. The van der Waals surface area contributed by atoms with Crippen molar-refractivity contribution in [2.45, 2.75) is 19.0 Å². The van der Waals surface area contributed by atoms with Crippen molar-refractivity contribution >= 4 is 17.2 Å². The summed E-state index contributed by atoms with van der Waals surface area (Å²) in [5.74, 6) is 2.62. The van der Waals surface area contributed by atoms with E-state index in [0.717, 1.165) is 35.4 Å². The van der Waals surface area contributed by atoms with E-state index < -0.39 is 6.17 Å². The minimum absolute atomic E-state index is 0.321. The molecular formula is C22H26N4O4. The standard InChI is InChI=1S/C22H26N4O4/c1-27-14-7-5-12-6-8-16-19(15(12)11-14)21(23)26(22(24)25-16)13-9-17(28-2)20(30-4)18(10-13)29-3/h5,7,9-11,21H,6,8,23H2,1-4H3,(H2,24,25). The maximum absolute atomic E-state index is 6.77. The summed E-state index contributed by atoms with van der Waals surface area (Å²) in [4.78, 5) is 6.46. The first-order valence-electron chi connectivity index (χ1n) is 9.61. The Labute approximate surface area is 175 Å². The van der Waals surface area contributed by atoms with Crippen molar-refractivity contribution < 1.29 is 18.9 Å². The molecule has 30 heavy (non-hydrogen) atoms. The van der Waals surface area contributed by atoms with Crippen LogP contribution in [0.5, 0.6) is 23.0 Å². The molecule has 2 aromatic carbocycles. The highest BCUT2D eigenvalue weighted by Gasteiger charge is 2.34. The third-order valence-electron chi connectivity index (χ3n) is 5.55. The molecule has 2 aromatic rings. The van der Waals surface area contributed by atoms with Crippen molar-refractivity contribution in [1.29, 1.82) is 0 Å². The number of hydrogen-bond donors (Lipinski definition) is 2. The first-order valence-corrected chi connectivity index (χ1v) is 9.61. The number of allylic oxidation sites excluding steroid dienone is 1. The number of ether oxygens (including phenoxy) is 4. The normalized spacial score (nSPS) is 17.7. The lowest BCUT2D eigenvalue weighted by molar-refractivity contribution is 0.324. The SMILES string of the molecule is COc1ccc2c(c1)C1=C(CC2)N=C(N)N(c2cc(OC)c(OC)c(OC)c2)C1N. The van der Waals surface area contributed by atoms with E-state index in [9.17, 15) is 0 Å². The molecule has 4 N–H and O–H groups in total.